The van der Waals surface area contributed by atoms with Crippen molar-refractivity contribution in [3.63, 3.8) is 0 Å². The van der Waals surface area contributed by atoms with E-state index in [0.717, 1.165) is 16.7 Å². The Kier molecular flexibility index (Phi) is 4.82. The molecule has 33 heavy (non-hydrogen) atoms. The van der Waals surface area contributed by atoms with Gasteiger partial charge in [-0.25, -0.2) is 19.7 Å². The maximum Gasteiger partial charge on any atom is 0.328 e. The summed E-state index contributed by atoms with van der Waals surface area (Å²) >= 11 is 0. The minimum absolute atomic E-state index is 0.0913. The molecule has 5 heterocycles. The van der Waals surface area contributed by atoms with Gasteiger partial charge >= 0.3 is 6.03 Å². The van der Waals surface area contributed by atoms with Crippen molar-refractivity contribution >= 4 is 29.6 Å². The standard InChI is InChI=1S/C22H25N7O4/c1-11-10-29-16(12(2)33-11)22(18(30)26-21(32)27-19(22)31)6-13-5-14(7-23-17(13)29)15-8-24-20(25-9-15)28(3)4/h5,7-9,11-12,16H,6,10H2,1-4H3,(H2,26,27,30,31,32)/t11-,12+,16-/m1/s1. The number of barbiturate groups is 1. The van der Waals surface area contributed by atoms with Gasteiger partial charge in [-0.1, -0.05) is 0 Å². The lowest BCUT2D eigenvalue weighted by Crippen LogP contribution is -2.75. The van der Waals surface area contributed by atoms with Crippen molar-refractivity contribution < 1.29 is 19.1 Å². The van der Waals surface area contributed by atoms with Crippen molar-refractivity contribution in [3.8, 4) is 11.1 Å². The quantitative estimate of drug-likeness (QED) is 0.627. The summed E-state index contributed by atoms with van der Waals surface area (Å²) in [5.41, 5.74) is 0.756. The Labute approximate surface area is 190 Å². The molecule has 2 fully saturated rings. The summed E-state index contributed by atoms with van der Waals surface area (Å²) in [6.45, 7) is 4.25. The Morgan fingerprint density at radius 1 is 1.03 bits per heavy atom. The molecule has 2 aromatic rings. The summed E-state index contributed by atoms with van der Waals surface area (Å²) in [6, 6.07) is 0.502. The van der Waals surface area contributed by atoms with Crippen LogP contribution in [0.4, 0.5) is 16.6 Å². The van der Waals surface area contributed by atoms with Crippen molar-refractivity contribution in [1.82, 2.24) is 25.6 Å². The Balaban J connectivity index is 1.62. The maximum absolute atomic E-state index is 13.2. The third kappa shape index (κ3) is 3.22. The number of urea groups is 1. The Morgan fingerprint density at radius 2 is 1.67 bits per heavy atom. The summed E-state index contributed by atoms with van der Waals surface area (Å²) in [4.78, 5) is 55.5. The minimum Gasteiger partial charge on any atom is -0.372 e. The molecule has 5 rings (SSSR count). The first-order valence-corrected chi connectivity index (χ1v) is 10.8. The second-order valence-electron chi connectivity index (χ2n) is 9.01. The number of nitrogens with one attached hydrogen (secondary N) is 2. The number of ether oxygens (including phenoxy) is 1. The summed E-state index contributed by atoms with van der Waals surface area (Å²) in [7, 11) is 3.72. The Morgan fingerprint density at radius 3 is 2.30 bits per heavy atom. The van der Waals surface area contributed by atoms with Crippen molar-refractivity contribution in [2.45, 2.75) is 38.5 Å². The minimum atomic E-state index is -1.52. The van der Waals surface area contributed by atoms with Crippen molar-refractivity contribution in [2.24, 2.45) is 5.41 Å². The third-order valence-electron chi connectivity index (χ3n) is 6.51. The number of nitrogens with zero attached hydrogens (tertiary/aromatic N) is 5. The zero-order valence-corrected chi connectivity index (χ0v) is 18.8. The number of carbonyl (C=O) groups is 3. The van der Waals surface area contributed by atoms with Crippen LogP contribution in [0.3, 0.4) is 0 Å². The predicted molar refractivity (Wildman–Crippen MR) is 119 cm³/mol. The van der Waals surface area contributed by atoms with Crippen LogP contribution in [0.1, 0.15) is 19.4 Å². The first-order valence-electron chi connectivity index (χ1n) is 10.8. The maximum atomic E-state index is 13.2. The van der Waals surface area contributed by atoms with E-state index < -0.39 is 35.4 Å². The summed E-state index contributed by atoms with van der Waals surface area (Å²) in [6.07, 6.45) is 4.71. The van der Waals surface area contributed by atoms with E-state index in [1.165, 1.54) is 0 Å². The lowest BCUT2D eigenvalue weighted by Gasteiger charge is -2.54. The van der Waals surface area contributed by atoms with E-state index in [0.29, 0.717) is 18.3 Å². The second-order valence-corrected chi connectivity index (χ2v) is 9.01. The zero-order valence-electron chi connectivity index (χ0n) is 18.8. The molecule has 11 heteroatoms. The Hall–Kier alpha value is -3.60. The molecule has 0 aliphatic carbocycles. The highest BCUT2D eigenvalue weighted by atomic mass is 16.5. The fraction of sp³-hybridized carbons (Fsp3) is 0.455. The molecule has 2 saturated heterocycles. The van der Waals surface area contributed by atoms with E-state index in [1.54, 1.807) is 23.5 Å². The summed E-state index contributed by atoms with van der Waals surface area (Å²) < 4.78 is 6.01. The SMILES string of the molecule is C[C@@H]1CN2c3ncc(-c4cnc(N(C)C)nc4)cc3CC3(C(=O)NC(=O)NC3=O)[C@H]2[C@H](C)O1. The Bertz CT molecular complexity index is 1130. The first-order chi connectivity index (χ1) is 15.7. The molecule has 3 aliphatic rings. The number of pyridine rings is 1. The van der Waals surface area contributed by atoms with Gasteiger partial charge in [-0.15, -0.1) is 0 Å². The number of anilines is 2. The van der Waals surface area contributed by atoms with E-state index in [2.05, 4.69) is 20.6 Å². The van der Waals surface area contributed by atoms with Gasteiger partial charge in [0.05, 0.1) is 18.2 Å². The molecule has 0 saturated carbocycles. The van der Waals surface area contributed by atoms with Gasteiger partial charge in [-0.05, 0) is 25.5 Å². The zero-order chi connectivity index (χ0) is 23.5. The summed E-state index contributed by atoms with van der Waals surface area (Å²) in [5, 5.41) is 4.58. The van der Waals surface area contributed by atoms with Crippen LogP contribution in [0.5, 0.6) is 0 Å². The van der Waals surface area contributed by atoms with Crippen LogP contribution >= 0.6 is 0 Å². The molecule has 4 amide bonds. The van der Waals surface area contributed by atoms with Crippen LogP contribution in [-0.4, -0.2) is 71.7 Å². The van der Waals surface area contributed by atoms with Crippen LogP contribution < -0.4 is 20.4 Å². The van der Waals surface area contributed by atoms with Gasteiger partial charge in [-0.3, -0.25) is 20.2 Å². The molecule has 172 valence electrons. The van der Waals surface area contributed by atoms with Crippen LogP contribution in [0.15, 0.2) is 24.7 Å². The molecule has 0 aromatic carbocycles. The number of rotatable bonds is 2. The molecule has 3 atom stereocenters. The number of carbonyl (C=O) groups excluding carboxylic acids is 3. The lowest BCUT2D eigenvalue weighted by atomic mass is 9.67. The first kappa shape index (κ1) is 21.3. The molecule has 11 nitrogen and oxygen atoms in total. The molecular formula is C22H25N7O4. The molecule has 2 N–H and O–H groups in total. The van der Waals surface area contributed by atoms with Gasteiger partial charge in [0.2, 0.25) is 17.8 Å². The topological polar surface area (TPSA) is 130 Å². The lowest BCUT2D eigenvalue weighted by molar-refractivity contribution is -0.153. The van der Waals surface area contributed by atoms with Gasteiger partial charge in [0.25, 0.3) is 0 Å². The number of amides is 4. The van der Waals surface area contributed by atoms with Gasteiger partial charge in [0, 0.05) is 56.8 Å². The fourth-order valence-corrected chi connectivity index (χ4v) is 5.16. The fourth-order valence-electron chi connectivity index (χ4n) is 5.16. The van der Waals surface area contributed by atoms with Gasteiger partial charge in [-0.2, -0.15) is 0 Å². The number of fused-ring (bicyclic) bond motifs is 4. The average molecular weight is 451 g/mol. The monoisotopic (exact) mass is 451 g/mol. The molecular weight excluding hydrogens is 426 g/mol. The average Bonchev–Trinajstić information content (AvgIpc) is 2.76. The molecule has 3 aliphatic heterocycles. The van der Waals surface area contributed by atoms with Crippen LogP contribution in [0.25, 0.3) is 11.1 Å². The number of hydrogen-bond acceptors (Lipinski definition) is 9. The molecule has 1 spiro atoms. The number of hydrogen-bond donors (Lipinski definition) is 2. The normalized spacial score (nSPS) is 25.8. The largest absolute Gasteiger partial charge is 0.372 e. The van der Waals surface area contributed by atoms with Crippen LogP contribution in [-0.2, 0) is 20.7 Å². The van der Waals surface area contributed by atoms with E-state index >= 15 is 0 Å². The van der Waals surface area contributed by atoms with Gasteiger partial charge in [0.1, 0.15) is 5.82 Å². The van der Waals surface area contributed by atoms with E-state index in [1.807, 2.05) is 38.9 Å². The van der Waals surface area contributed by atoms with Crippen LogP contribution in [0, 0.1) is 5.41 Å². The smallest absolute Gasteiger partial charge is 0.328 e. The highest BCUT2D eigenvalue weighted by Crippen LogP contribution is 2.46. The second kappa shape index (κ2) is 7.48. The number of imide groups is 2. The van der Waals surface area contributed by atoms with E-state index in [4.69, 9.17) is 9.72 Å². The van der Waals surface area contributed by atoms with Gasteiger partial charge in [0.15, 0.2) is 5.41 Å². The van der Waals surface area contributed by atoms with Crippen molar-refractivity contribution in [3.05, 3.63) is 30.2 Å². The summed E-state index contributed by atoms with van der Waals surface area (Å²) in [5.74, 6) is 0.0552. The molecule has 2 aromatic heterocycles. The predicted octanol–water partition coefficient (Wildman–Crippen LogP) is 0.495. The van der Waals surface area contributed by atoms with E-state index in [-0.39, 0.29) is 12.5 Å². The van der Waals surface area contributed by atoms with E-state index in [9.17, 15) is 14.4 Å². The molecule has 0 unspecified atom stereocenters. The highest BCUT2D eigenvalue weighted by Gasteiger charge is 2.63. The highest BCUT2D eigenvalue weighted by molar-refractivity contribution is 6.20. The molecule has 0 radical (unpaired) electrons. The van der Waals surface area contributed by atoms with Crippen molar-refractivity contribution in [2.75, 3.05) is 30.4 Å². The third-order valence-corrected chi connectivity index (χ3v) is 6.51. The number of morpholine rings is 1. The van der Waals surface area contributed by atoms with Gasteiger partial charge < -0.3 is 14.5 Å². The van der Waals surface area contributed by atoms with Crippen molar-refractivity contribution in [1.29, 1.82) is 0 Å². The number of aromatic nitrogens is 3. The van der Waals surface area contributed by atoms with Crippen LogP contribution in [0.2, 0.25) is 0 Å². The molecule has 0 bridgehead atoms.